The zero-order chi connectivity index (χ0) is 21.0. The first kappa shape index (κ1) is 21.1. The number of methoxy groups -OCH3 is 2. The third-order valence-electron chi connectivity index (χ3n) is 4.97. The number of carbonyl (C=O) groups is 2. The van der Waals surface area contributed by atoms with Gasteiger partial charge >= 0.3 is 5.97 Å². The highest BCUT2D eigenvalue weighted by Gasteiger charge is 2.32. The lowest BCUT2D eigenvalue weighted by atomic mass is 10.0. The minimum Gasteiger partial charge on any atom is -0.465 e. The maximum Gasteiger partial charge on any atom is 0.339 e. The summed E-state index contributed by atoms with van der Waals surface area (Å²) in [6.07, 6.45) is 2.59. The molecule has 9 nitrogen and oxygen atoms in total. The van der Waals surface area contributed by atoms with Crippen LogP contribution < -0.4 is 10.2 Å². The van der Waals surface area contributed by atoms with Gasteiger partial charge in [0.05, 0.1) is 30.5 Å². The number of halogens is 1. The number of hydrogen-bond acceptors (Lipinski definition) is 7. The van der Waals surface area contributed by atoms with Gasteiger partial charge in [-0.2, -0.15) is 0 Å². The SMILES string of the molecule is CCc1[nH]c(C(=O)NC2CCN(c3ccc(C(=O)OC)cn3)CC2OC)nc1Cl. The van der Waals surface area contributed by atoms with Gasteiger partial charge in [0.1, 0.15) is 5.82 Å². The maximum absolute atomic E-state index is 12.5. The first-order valence-corrected chi connectivity index (χ1v) is 9.72. The summed E-state index contributed by atoms with van der Waals surface area (Å²) < 4.78 is 10.3. The summed E-state index contributed by atoms with van der Waals surface area (Å²) in [7, 11) is 2.94. The van der Waals surface area contributed by atoms with Crippen molar-refractivity contribution in [3.63, 3.8) is 0 Å². The van der Waals surface area contributed by atoms with Gasteiger partial charge in [-0.15, -0.1) is 0 Å². The van der Waals surface area contributed by atoms with Gasteiger partial charge in [-0.05, 0) is 25.0 Å². The predicted octanol–water partition coefficient (Wildman–Crippen LogP) is 1.83. The molecule has 2 N–H and O–H groups in total. The molecule has 0 aromatic carbocycles. The van der Waals surface area contributed by atoms with Crippen LogP contribution in [0.3, 0.4) is 0 Å². The fraction of sp³-hybridized carbons (Fsp3) is 0.474. The number of nitrogens with zero attached hydrogens (tertiary/aromatic N) is 3. The molecule has 2 aromatic heterocycles. The van der Waals surface area contributed by atoms with E-state index in [9.17, 15) is 9.59 Å². The number of carbonyl (C=O) groups excluding carboxylic acids is 2. The lowest BCUT2D eigenvalue weighted by Crippen LogP contribution is -2.55. The Kier molecular flexibility index (Phi) is 6.71. The molecule has 3 heterocycles. The number of piperidine rings is 1. The highest BCUT2D eigenvalue weighted by Crippen LogP contribution is 2.21. The van der Waals surface area contributed by atoms with Crippen molar-refractivity contribution in [3.8, 4) is 0 Å². The topological polar surface area (TPSA) is 109 Å². The monoisotopic (exact) mass is 421 g/mol. The molecule has 1 fully saturated rings. The van der Waals surface area contributed by atoms with Crippen LogP contribution in [0, 0.1) is 0 Å². The number of nitrogens with one attached hydrogen (secondary N) is 2. The summed E-state index contributed by atoms with van der Waals surface area (Å²) in [5, 5.41) is 3.30. The number of esters is 1. The van der Waals surface area contributed by atoms with Crippen molar-refractivity contribution in [1.82, 2.24) is 20.3 Å². The van der Waals surface area contributed by atoms with E-state index in [0.29, 0.717) is 36.6 Å². The second kappa shape index (κ2) is 9.23. The number of amides is 1. The summed E-state index contributed by atoms with van der Waals surface area (Å²) in [4.78, 5) is 37.5. The number of aromatic nitrogens is 3. The fourth-order valence-corrected chi connectivity index (χ4v) is 3.57. The zero-order valence-electron chi connectivity index (χ0n) is 16.6. The highest BCUT2D eigenvalue weighted by molar-refractivity contribution is 6.30. The van der Waals surface area contributed by atoms with E-state index in [1.807, 2.05) is 6.92 Å². The van der Waals surface area contributed by atoms with Crippen molar-refractivity contribution in [2.24, 2.45) is 0 Å². The van der Waals surface area contributed by atoms with Gasteiger partial charge in [-0.3, -0.25) is 4.79 Å². The van der Waals surface area contributed by atoms with Crippen LogP contribution in [0.5, 0.6) is 0 Å². The minimum absolute atomic E-state index is 0.174. The quantitative estimate of drug-likeness (QED) is 0.684. The molecule has 0 spiro atoms. The van der Waals surface area contributed by atoms with E-state index in [-0.39, 0.29) is 23.9 Å². The van der Waals surface area contributed by atoms with E-state index >= 15 is 0 Å². The molecule has 2 atom stereocenters. The summed E-state index contributed by atoms with van der Waals surface area (Å²) in [6.45, 7) is 3.16. The molecule has 1 aliphatic heterocycles. The van der Waals surface area contributed by atoms with E-state index in [1.165, 1.54) is 13.3 Å². The van der Waals surface area contributed by atoms with Crippen LogP contribution in [0.15, 0.2) is 18.3 Å². The molecule has 1 amide bonds. The van der Waals surface area contributed by atoms with E-state index < -0.39 is 5.97 Å². The third-order valence-corrected chi connectivity index (χ3v) is 5.28. The largest absolute Gasteiger partial charge is 0.465 e. The van der Waals surface area contributed by atoms with Crippen LogP contribution in [0.2, 0.25) is 5.15 Å². The van der Waals surface area contributed by atoms with Gasteiger partial charge in [0.2, 0.25) is 0 Å². The van der Waals surface area contributed by atoms with E-state index in [4.69, 9.17) is 21.1 Å². The lowest BCUT2D eigenvalue weighted by Gasteiger charge is -2.38. The molecule has 156 valence electrons. The zero-order valence-corrected chi connectivity index (χ0v) is 17.3. The molecule has 2 unspecified atom stereocenters. The molecule has 29 heavy (non-hydrogen) atoms. The standard InChI is InChI=1S/C19H24ClN5O4/c1-4-12-16(20)24-17(22-12)18(26)23-13-7-8-25(10-14(13)28-2)15-6-5-11(9-21-15)19(27)29-3/h5-6,9,13-14H,4,7-8,10H2,1-3H3,(H,22,24)(H,23,26). The van der Waals surface area contributed by atoms with Crippen molar-refractivity contribution in [1.29, 1.82) is 0 Å². The van der Waals surface area contributed by atoms with E-state index in [1.54, 1.807) is 19.2 Å². The number of H-pyrrole nitrogens is 1. The van der Waals surface area contributed by atoms with Crippen LogP contribution >= 0.6 is 11.6 Å². The Balaban J connectivity index is 1.64. The Morgan fingerprint density at radius 3 is 2.76 bits per heavy atom. The average Bonchev–Trinajstić information content (AvgIpc) is 3.14. The number of rotatable bonds is 6. The second-order valence-electron chi connectivity index (χ2n) is 6.69. The molecule has 0 radical (unpaired) electrons. The van der Waals surface area contributed by atoms with E-state index in [2.05, 4.69) is 25.2 Å². The molecule has 0 aliphatic carbocycles. The summed E-state index contributed by atoms with van der Waals surface area (Å²) >= 11 is 6.03. The number of imidazole rings is 1. The Bertz CT molecular complexity index is 870. The Morgan fingerprint density at radius 2 is 2.17 bits per heavy atom. The number of hydrogen-bond donors (Lipinski definition) is 2. The first-order valence-electron chi connectivity index (χ1n) is 9.34. The lowest BCUT2D eigenvalue weighted by molar-refractivity contribution is 0.0537. The Hall–Kier alpha value is -2.65. The normalized spacial score (nSPS) is 19.1. The van der Waals surface area contributed by atoms with Crippen molar-refractivity contribution >= 4 is 29.3 Å². The van der Waals surface area contributed by atoms with Gasteiger partial charge in [0.15, 0.2) is 11.0 Å². The number of aryl methyl sites for hydroxylation is 1. The van der Waals surface area contributed by atoms with Crippen LogP contribution in [-0.2, 0) is 15.9 Å². The summed E-state index contributed by atoms with van der Waals surface area (Å²) in [5.41, 5.74) is 1.13. The molecule has 0 bridgehead atoms. The minimum atomic E-state index is -0.426. The fourth-order valence-electron chi connectivity index (χ4n) is 3.31. The molecule has 10 heteroatoms. The predicted molar refractivity (Wildman–Crippen MR) is 107 cm³/mol. The number of pyridine rings is 1. The van der Waals surface area contributed by atoms with Crippen LogP contribution in [0.1, 0.15) is 40.0 Å². The van der Waals surface area contributed by atoms with Crippen molar-refractivity contribution in [2.45, 2.75) is 31.9 Å². The van der Waals surface area contributed by atoms with Gasteiger partial charge < -0.3 is 24.7 Å². The van der Waals surface area contributed by atoms with Crippen molar-refractivity contribution < 1.29 is 19.1 Å². The van der Waals surface area contributed by atoms with Gasteiger partial charge in [0.25, 0.3) is 5.91 Å². The van der Waals surface area contributed by atoms with Gasteiger partial charge in [0, 0.05) is 26.4 Å². The smallest absolute Gasteiger partial charge is 0.339 e. The van der Waals surface area contributed by atoms with E-state index in [0.717, 1.165) is 11.5 Å². The molecular formula is C19H24ClN5O4. The molecule has 0 saturated carbocycles. The highest BCUT2D eigenvalue weighted by atomic mass is 35.5. The number of anilines is 1. The van der Waals surface area contributed by atoms with Crippen molar-refractivity contribution in [3.05, 3.63) is 40.6 Å². The van der Waals surface area contributed by atoms with Crippen molar-refractivity contribution in [2.75, 3.05) is 32.2 Å². The van der Waals surface area contributed by atoms with Crippen LogP contribution in [-0.4, -0.2) is 66.3 Å². The second-order valence-corrected chi connectivity index (χ2v) is 7.05. The third kappa shape index (κ3) is 4.68. The van der Waals surface area contributed by atoms with Crippen LogP contribution in [0.25, 0.3) is 0 Å². The summed E-state index contributed by atoms with van der Waals surface area (Å²) in [6, 6.07) is 3.28. The van der Waals surface area contributed by atoms with Gasteiger partial charge in [-0.25, -0.2) is 14.8 Å². The molecular weight excluding hydrogens is 398 g/mol. The Labute approximate surface area is 173 Å². The first-order chi connectivity index (χ1) is 14.0. The van der Waals surface area contributed by atoms with Crippen LogP contribution in [0.4, 0.5) is 5.82 Å². The van der Waals surface area contributed by atoms with Gasteiger partial charge in [-0.1, -0.05) is 18.5 Å². The number of aromatic amines is 1. The summed E-state index contributed by atoms with van der Waals surface area (Å²) in [5.74, 6) is 0.191. The molecule has 3 rings (SSSR count). The maximum atomic E-state index is 12.5. The molecule has 1 saturated heterocycles. The number of ether oxygens (including phenoxy) is 2. The molecule has 2 aromatic rings. The molecule has 1 aliphatic rings. The Morgan fingerprint density at radius 1 is 1.38 bits per heavy atom. The average molecular weight is 422 g/mol.